The predicted molar refractivity (Wildman–Crippen MR) is 225 cm³/mol. The van der Waals surface area contributed by atoms with Gasteiger partial charge in [-0.3, -0.25) is 0 Å². The average molecular weight is 680 g/mol. The van der Waals surface area contributed by atoms with Crippen molar-refractivity contribution in [3.8, 4) is 0 Å². The molecule has 0 heterocycles. The summed E-state index contributed by atoms with van der Waals surface area (Å²) in [6.07, 6.45) is 63.2. The fraction of sp³-hybridized carbons (Fsp3) is 1.00. The molecule has 284 valence electrons. The quantitative estimate of drug-likeness (QED) is 0.0445. The van der Waals surface area contributed by atoms with E-state index in [1.54, 1.807) is 50.3 Å². The second-order valence-corrected chi connectivity index (χ2v) is 20.7. The molecule has 0 aliphatic carbocycles. The summed E-state index contributed by atoms with van der Waals surface area (Å²) in [7, 11) is -0.762. The number of rotatable bonds is 42. The minimum Gasteiger partial charge on any atom is -0.0654 e. The van der Waals surface area contributed by atoms with Gasteiger partial charge < -0.3 is 0 Å². The monoisotopic (exact) mass is 680 g/mol. The van der Waals surface area contributed by atoms with Crippen molar-refractivity contribution in [3.05, 3.63) is 0 Å². The van der Waals surface area contributed by atoms with Gasteiger partial charge in [0.2, 0.25) is 0 Å². The van der Waals surface area contributed by atoms with Crippen LogP contribution < -0.4 is 0 Å². The smallest absolute Gasteiger partial charge is 0.0594 e. The van der Waals surface area contributed by atoms with Crippen molar-refractivity contribution in [2.24, 2.45) is 0 Å². The maximum Gasteiger partial charge on any atom is 0.0594 e. The number of hydrogen-bond acceptors (Lipinski definition) is 0. The third kappa shape index (κ3) is 36.0. The normalized spacial score (nSPS) is 12.0. The van der Waals surface area contributed by atoms with Crippen LogP contribution in [0.1, 0.15) is 272 Å². The summed E-state index contributed by atoms with van der Waals surface area (Å²) in [6, 6.07) is 0. The Labute approximate surface area is 302 Å². The summed E-state index contributed by atoms with van der Waals surface area (Å²) in [5, 5.41) is 0. The Bertz CT molecular complexity index is 493. The molecule has 0 aromatic carbocycles. The van der Waals surface area contributed by atoms with E-state index in [-0.39, 0.29) is 0 Å². The summed E-state index contributed by atoms with van der Waals surface area (Å²) in [5.41, 5.74) is 0. The van der Waals surface area contributed by atoms with E-state index in [1.807, 2.05) is 0 Å². The van der Waals surface area contributed by atoms with Gasteiger partial charge in [-0.05, 0) is 51.4 Å². The van der Waals surface area contributed by atoms with E-state index < -0.39 is 7.26 Å². The molecule has 0 spiro atoms. The second kappa shape index (κ2) is 40.9. The van der Waals surface area contributed by atoms with Crippen LogP contribution >= 0.6 is 7.26 Å². The van der Waals surface area contributed by atoms with E-state index in [2.05, 4.69) is 27.7 Å². The summed E-state index contributed by atoms with van der Waals surface area (Å²) < 4.78 is 0. The molecular weight excluding hydrogens is 583 g/mol. The highest BCUT2D eigenvalue weighted by Gasteiger charge is 2.35. The van der Waals surface area contributed by atoms with E-state index in [0.717, 1.165) is 0 Å². The Morgan fingerprint density at radius 3 is 0.447 bits per heavy atom. The molecule has 0 N–H and O–H groups in total. The van der Waals surface area contributed by atoms with Gasteiger partial charge in [0.25, 0.3) is 0 Å². The first-order valence-electron chi connectivity index (χ1n) is 23.1. The Kier molecular flexibility index (Phi) is 41.2. The molecule has 0 aromatic heterocycles. The summed E-state index contributed by atoms with van der Waals surface area (Å²) in [5.74, 6) is 0. The second-order valence-electron chi connectivity index (χ2n) is 16.3. The van der Waals surface area contributed by atoms with E-state index >= 15 is 0 Å². The summed E-state index contributed by atoms with van der Waals surface area (Å²) in [4.78, 5) is 0. The van der Waals surface area contributed by atoms with Crippen molar-refractivity contribution in [1.82, 2.24) is 0 Å². The first-order valence-corrected chi connectivity index (χ1v) is 25.6. The van der Waals surface area contributed by atoms with Crippen molar-refractivity contribution < 1.29 is 0 Å². The van der Waals surface area contributed by atoms with Crippen LogP contribution in [0.15, 0.2) is 0 Å². The zero-order chi connectivity index (χ0) is 34.2. The molecule has 1 heteroatoms. The predicted octanol–water partition coefficient (Wildman–Crippen LogP) is 17.9. The van der Waals surface area contributed by atoms with Crippen LogP contribution in [0.5, 0.6) is 0 Å². The van der Waals surface area contributed by atoms with Crippen molar-refractivity contribution in [2.75, 3.05) is 24.6 Å². The van der Waals surface area contributed by atoms with Gasteiger partial charge in [-0.2, -0.15) is 0 Å². The minimum absolute atomic E-state index is 0.762. The van der Waals surface area contributed by atoms with Gasteiger partial charge in [0.1, 0.15) is 0 Å². The molecule has 0 fully saturated rings. The van der Waals surface area contributed by atoms with Crippen molar-refractivity contribution in [2.45, 2.75) is 272 Å². The molecule has 0 bridgehead atoms. The molecular formula is C46H96P+. The zero-order valence-electron chi connectivity index (χ0n) is 34.1. The molecule has 0 saturated heterocycles. The maximum absolute atomic E-state index is 2.37. The molecule has 0 aliphatic heterocycles. The Morgan fingerprint density at radius 1 is 0.170 bits per heavy atom. The molecule has 0 saturated carbocycles. The summed E-state index contributed by atoms with van der Waals surface area (Å²) >= 11 is 0. The highest BCUT2D eigenvalue weighted by atomic mass is 31.2. The molecule has 0 nitrogen and oxygen atoms in total. The van der Waals surface area contributed by atoms with Gasteiger partial charge in [0.05, 0.1) is 24.6 Å². The van der Waals surface area contributed by atoms with E-state index in [9.17, 15) is 0 Å². The van der Waals surface area contributed by atoms with Crippen molar-refractivity contribution >= 4 is 7.26 Å². The van der Waals surface area contributed by atoms with Gasteiger partial charge in [-0.15, -0.1) is 0 Å². The van der Waals surface area contributed by atoms with Crippen LogP contribution in [0.3, 0.4) is 0 Å². The lowest BCUT2D eigenvalue weighted by molar-refractivity contribution is 0.537. The largest absolute Gasteiger partial charge is 0.0654 e. The van der Waals surface area contributed by atoms with Gasteiger partial charge in [-0.25, -0.2) is 0 Å². The lowest BCUT2D eigenvalue weighted by atomic mass is 10.0. The van der Waals surface area contributed by atoms with Gasteiger partial charge in [0, 0.05) is 7.26 Å². The van der Waals surface area contributed by atoms with Crippen molar-refractivity contribution in [1.29, 1.82) is 0 Å². The van der Waals surface area contributed by atoms with Crippen LogP contribution in [0.25, 0.3) is 0 Å². The Hall–Kier alpha value is 0.430. The van der Waals surface area contributed by atoms with Crippen LogP contribution in [0.4, 0.5) is 0 Å². The molecule has 47 heavy (non-hydrogen) atoms. The van der Waals surface area contributed by atoms with Gasteiger partial charge in [-0.1, -0.05) is 220 Å². The fourth-order valence-electron chi connectivity index (χ4n) is 8.06. The lowest BCUT2D eigenvalue weighted by Gasteiger charge is -2.28. The standard InChI is InChI=1S/C46H96P/c1-5-9-13-17-19-21-23-25-27-29-31-33-37-41-45-47(43-39-35-15-11-7-3,44-40-36-16-12-8-4)46-42-38-34-32-30-28-26-24-22-20-18-14-10-6-2/h5-46H2,1-4H3/q+1. The van der Waals surface area contributed by atoms with Crippen LogP contribution in [-0.4, -0.2) is 24.6 Å². The maximum atomic E-state index is 2.37. The minimum atomic E-state index is -0.762. The van der Waals surface area contributed by atoms with Crippen LogP contribution in [-0.2, 0) is 0 Å². The van der Waals surface area contributed by atoms with E-state index in [0.29, 0.717) is 0 Å². The molecule has 0 aliphatic rings. The first-order chi connectivity index (χ1) is 23.2. The molecule has 0 amide bonds. The molecule has 0 atom stereocenters. The topological polar surface area (TPSA) is 0 Å². The third-order valence-electron chi connectivity index (χ3n) is 11.4. The fourth-order valence-corrected chi connectivity index (χ4v) is 13.0. The molecule has 0 rings (SSSR count). The lowest BCUT2D eigenvalue weighted by Crippen LogP contribution is -2.13. The van der Waals surface area contributed by atoms with Gasteiger partial charge in [0.15, 0.2) is 0 Å². The highest BCUT2D eigenvalue weighted by Crippen LogP contribution is 2.61. The first kappa shape index (κ1) is 47.4. The van der Waals surface area contributed by atoms with Crippen molar-refractivity contribution in [3.63, 3.8) is 0 Å². The average Bonchev–Trinajstić information content (AvgIpc) is 3.08. The Morgan fingerprint density at radius 2 is 0.298 bits per heavy atom. The number of unbranched alkanes of at least 4 members (excludes halogenated alkanes) is 34. The molecule has 0 unspecified atom stereocenters. The van der Waals surface area contributed by atoms with Crippen LogP contribution in [0, 0.1) is 0 Å². The Balaban J connectivity index is 4.46. The van der Waals surface area contributed by atoms with E-state index in [4.69, 9.17) is 0 Å². The van der Waals surface area contributed by atoms with Gasteiger partial charge >= 0.3 is 0 Å². The molecule has 0 aromatic rings. The highest BCUT2D eigenvalue weighted by molar-refractivity contribution is 7.75. The third-order valence-corrected chi connectivity index (χ3v) is 16.5. The number of hydrogen-bond donors (Lipinski definition) is 0. The summed E-state index contributed by atoms with van der Waals surface area (Å²) in [6.45, 7) is 9.40. The SMILES string of the molecule is CCCCCCCCCCCCCCCC[P+](CCCCCCC)(CCCCCCC)CCCCCCCCCCCCCCCC. The van der Waals surface area contributed by atoms with Crippen LogP contribution in [0.2, 0.25) is 0 Å². The van der Waals surface area contributed by atoms with E-state index in [1.165, 1.54) is 218 Å². The molecule has 0 radical (unpaired) electrons. The zero-order valence-corrected chi connectivity index (χ0v) is 35.0.